The monoisotopic (exact) mass is 431 g/mol. The standard InChI is InChI=1S/C22H26ClN3O2S/c1-22(2,3)16-6-4-15(5-7-16)20(27)25-21(29)24-18-14-17(23)8-9-19(18)26-10-12-28-13-11-26/h4-9,14H,10-13H2,1-3H3,(H2,24,25,27,29). The van der Waals surface area contributed by atoms with Crippen LogP contribution in [0.25, 0.3) is 0 Å². The van der Waals surface area contributed by atoms with Gasteiger partial charge in [0.1, 0.15) is 0 Å². The molecule has 29 heavy (non-hydrogen) atoms. The van der Waals surface area contributed by atoms with Crippen molar-refractivity contribution < 1.29 is 9.53 Å². The predicted octanol–water partition coefficient (Wildman–Crippen LogP) is 4.60. The van der Waals surface area contributed by atoms with Gasteiger partial charge in [-0.15, -0.1) is 0 Å². The van der Waals surface area contributed by atoms with Gasteiger partial charge >= 0.3 is 0 Å². The number of hydrogen-bond donors (Lipinski definition) is 2. The van der Waals surface area contributed by atoms with Gasteiger partial charge in [0, 0.05) is 23.7 Å². The first-order chi connectivity index (χ1) is 13.7. The van der Waals surface area contributed by atoms with Crippen LogP contribution in [0, 0.1) is 0 Å². The summed E-state index contributed by atoms with van der Waals surface area (Å²) in [5.41, 5.74) is 3.50. The molecule has 1 aliphatic rings. The van der Waals surface area contributed by atoms with Gasteiger partial charge in [-0.1, -0.05) is 44.5 Å². The Morgan fingerprint density at radius 1 is 1.10 bits per heavy atom. The van der Waals surface area contributed by atoms with E-state index >= 15 is 0 Å². The molecule has 1 heterocycles. The summed E-state index contributed by atoms with van der Waals surface area (Å²) in [7, 11) is 0. The van der Waals surface area contributed by atoms with Gasteiger partial charge in [-0.3, -0.25) is 10.1 Å². The van der Waals surface area contributed by atoms with Crippen molar-refractivity contribution in [3.8, 4) is 0 Å². The molecule has 2 N–H and O–H groups in total. The zero-order valence-electron chi connectivity index (χ0n) is 16.9. The quantitative estimate of drug-likeness (QED) is 0.695. The maximum atomic E-state index is 12.6. The summed E-state index contributed by atoms with van der Waals surface area (Å²) in [5, 5.41) is 6.69. The minimum Gasteiger partial charge on any atom is -0.378 e. The fourth-order valence-electron chi connectivity index (χ4n) is 3.14. The maximum Gasteiger partial charge on any atom is 0.257 e. The van der Waals surface area contributed by atoms with Crippen molar-refractivity contribution in [1.29, 1.82) is 0 Å². The normalized spacial score (nSPS) is 14.4. The van der Waals surface area contributed by atoms with Crippen LogP contribution in [-0.4, -0.2) is 37.3 Å². The number of benzene rings is 2. The number of hydrogen-bond acceptors (Lipinski definition) is 4. The van der Waals surface area contributed by atoms with E-state index < -0.39 is 0 Å². The smallest absolute Gasteiger partial charge is 0.257 e. The predicted molar refractivity (Wildman–Crippen MR) is 123 cm³/mol. The van der Waals surface area contributed by atoms with E-state index in [0.29, 0.717) is 23.8 Å². The SMILES string of the molecule is CC(C)(C)c1ccc(C(=O)NC(=S)Nc2cc(Cl)ccc2N2CCOCC2)cc1. The van der Waals surface area contributed by atoms with E-state index in [1.807, 2.05) is 42.5 Å². The molecule has 1 aliphatic heterocycles. The van der Waals surface area contributed by atoms with Crippen LogP contribution in [-0.2, 0) is 10.2 Å². The molecule has 0 bridgehead atoms. The van der Waals surface area contributed by atoms with Crippen molar-refractivity contribution in [2.45, 2.75) is 26.2 Å². The summed E-state index contributed by atoms with van der Waals surface area (Å²) in [6, 6.07) is 13.2. The van der Waals surface area contributed by atoms with Crippen LogP contribution < -0.4 is 15.5 Å². The lowest BCUT2D eigenvalue weighted by atomic mass is 9.87. The first-order valence-corrected chi connectivity index (χ1v) is 10.4. The van der Waals surface area contributed by atoms with Gasteiger partial charge in [-0.2, -0.15) is 0 Å². The molecule has 0 atom stereocenters. The van der Waals surface area contributed by atoms with Gasteiger partial charge in [0.25, 0.3) is 5.91 Å². The summed E-state index contributed by atoms with van der Waals surface area (Å²) in [6.45, 7) is 9.33. The molecule has 2 aromatic carbocycles. The Hall–Kier alpha value is -2.15. The van der Waals surface area contributed by atoms with E-state index in [9.17, 15) is 4.79 Å². The average molecular weight is 432 g/mol. The zero-order valence-corrected chi connectivity index (χ0v) is 18.5. The van der Waals surface area contributed by atoms with Gasteiger partial charge in [0.2, 0.25) is 0 Å². The number of halogens is 1. The minimum atomic E-state index is -0.252. The summed E-state index contributed by atoms with van der Waals surface area (Å²) in [4.78, 5) is 14.8. The highest BCUT2D eigenvalue weighted by Gasteiger charge is 2.17. The highest BCUT2D eigenvalue weighted by atomic mass is 35.5. The molecule has 0 spiro atoms. The third-order valence-electron chi connectivity index (χ3n) is 4.80. The lowest BCUT2D eigenvalue weighted by Crippen LogP contribution is -2.38. The zero-order chi connectivity index (χ0) is 21.0. The van der Waals surface area contributed by atoms with E-state index in [-0.39, 0.29) is 16.4 Å². The Bertz CT molecular complexity index is 888. The second-order valence-electron chi connectivity index (χ2n) is 8.00. The van der Waals surface area contributed by atoms with Gasteiger partial charge < -0.3 is 15.0 Å². The van der Waals surface area contributed by atoms with E-state index in [1.165, 1.54) is 5.56 Å². The van der Waals surface area contributed by atoms with Gasteiger partial charge in [0.15, 0.2) is 5.11 Å². The molecule has 0 aromatic heterocycles. The largest absolute Gasteiger partial charge is 0.378 e. The van der Waals surface area contributed by atoms with E-state index in [0.717, 1.165) is 24.5 Å². The van der Waals surface area contributed by atoms with Crippen LogP contribution in [0.2, 0.25) is 5.02 Å². The molecular formula is C22H26ClN3O2S. The molecule has 0 saturated carbocycles. The molecule has 7 heteroatoms. The fraction of sp³-hybridized carbons (Fsp3) is 0.364. The third kappa shape index (κ3) is 5.69. The van der Waals surface area contributed by atoms with E-state index in [4.69, 9.17) is 28.6 Å². The number of carbonyl (C=O) groups is 1. The summed E-state index contributed by atoms with van der Waals surface area (Å²) >= 11 is 11.6. The Morgan fingerprint density at radius 3 is 2.38 bits per heavy atom. The highest BCUT2D eigenvalue weighted by molar-refractivity contribution is 7.80. The van der Waals surface area contributed by atoms with Gasteiger partial charge in [-0.25, -0.2) is 0 Å². The number of amides is 1. The van der Waals surface area contributed by atoms with E-state index in [1.54, 1.807) is 0 Å². The third-order valence-corrected chi connectivity index (χ3v) is 5.24. The highest BCUT2D eigenvalue weighted by Crippen LogP contribution is 2.30. The topological polar surface area (TPSA) is 53.6 Å². The van der Waals surface area contributed by atoms with Gasteiger partial charge in [-0.05, 0) is 53.5 Å². The average Bonchev–Trinajstić information content (AvgIpc) is 2.68. The Balaban J connectivity index is 1.69. The van der Waals surface area contributed by atoms with Crippen molar-refractivity contribution in [1.82, 2.24) is 5.32 Å². The molecule has 2 aromatic rings. The second kappa shape index (κ2) is 9.11. The van der Waals surface area contributed by atoms with Crippen molar-refractivity contribution >= 4 is 46.2 Å². The van der Waals surface area contributed by atoms with Crippen molar-refractivity contribution in [3.63, 3.8) is 0 Å². The molecule has 0 aliphatic carbocycles. The van der Waals surface area contributed by atoms with Crippen LogP contribution in [0.1, 0.15) is 36.7 Å². The number of morpholine rings is 1. The van der Waals surface area contributed by atoms with E-state index in [2.05, 4.69) is 36.3 Å². The summed E-state index contributed by atoms with van der Waals surface area (Å²) in [5.74, 6) is -0.252. The number of thiocarbonyl (C=S) groups is 1. The van der Waals surface area contributed by atoms with Gasteiger partial charge in [0.05, 0.1) is 24.6 Å². The number of nitrogens with one attached hydrogen (secondary N) is 2. The van der Waals surface area contributed by atoms with Crippen LogP contribution in [0.3, 0.4) is 0 Å². The molecule has 0 unspecified atom stereocenters. The molecule has 1 amide bonds. The number of ether oxygens (including phenoxy) is 1. The molecule has 154 valence electrons. The first kappa shape index (κ1) is 21.6. The lowest BCUT2D eigenvalue weighted by molar-refractivity contribution is 0.0977. The fourth-order valence-corrected chi connectivity index (χ4v) is 3.51. The number of rotatable bonds is 3. The van der Waals surface area contributed by atoms with Crippen LogP contribution in [0.15, 0.2) is 42.5 Å². The lowest BCUT2D eigenvalue weighted by Gasteiger charge is -2.30. The van der Waals surface area contributed by atoms with Crippen LogP contribution in [0.5, 0.6) is 0 Å². The molecule has 5 nitrogen and oxygen atoms in total. The van der Waals surface area contributed by atoms with Crippen molar-refractivity contribution in [3.05, 3.63) is 58.6 Å². The maximum absolute atomic E-state index is 12.6. The van der Waals surface area contributed by atoms with Crippen LogP contribution >= 0.6 is 23.8 Å². The van der Waals surface area contributed by atoms with Crippen LogP contribution in [0.4, 0.5) is 11.4 Å². The molecule has 1 saturated heterocycles. The molecule has 3 rings (SSSR count). The molecule has 1 fully saturated rings. The Kier molecular flexibility index (Phi) is 6.77. The number of carbonyl (C=O) groups excluding carboxylic acids is 1. The number of anilines is 2. The first-order valence-electron chi connectivity index (χ1n) is 9.59. The summed E-state index contributed by atoms with van der Waals surface area (Å²) < 4.78 is 5.43. The minimum absolute atomic E-state index is 0.0360. The summed E-state index contributed by atoms with van der Waals surface area (Å²) in [6.07, 6.45) is 0. The van der Waals surface area contributed by atoms with Crippen molar-refractivity contribution in [2.24, 2.45) is 0 Å². The molecule has 0 radical (unpaired) electrons. The number of nitrogens with zero attached hydrogens (tertiary/aromatic N) is 1. The Labute approximate surface area is 182 Å². The van der Waals surface area contributed by atoms with Crippen molar-refractivity contribution in [2.75, 3.05) is 36.5 Å². The Morgan fingerprint density at radius 2 is 1.76 bits per heavy atom. The second-order valence-corrected chi connectivity index (χ2v) is 8.84. The molecular weight excluding hydrogens is 406 g/mol.